The van der Waals surface area contributed by atoms with Gasteiger partial charge in [0.15, 0.2) is 5.58 Å². The minimum Gasteiger partial charge on any atom is -0.356 e. The molecular weight excluding hydrogens is 176 g/mol. The first kappa shape index (κ1) is 7.58. The van der Waals surface area contributed by atoms with Gasteiger partial charge in [-0.2, -0.15) is 0 Å². The second kappa shape index (κ2) is 2.77. The van der Waals surface area contributed by atoms with Gasteiger partial charge < -0.3 is 10.3 Å². The Kier molecular flexibility index (Phi) is 1.75. The Labute approximate surface area is 74.1 Å². The summed E-state index contributed by atoms with van der Waals surface area (Å²) in [6.07, 6.45) is 1.60. The summed E-state index contributed by atoms with van der Waals surface area (Å²) in [5.41, 5.74) is 7.09. The second-order valence-corrected chi connectivity index (χ2v) is 2.93. The van der Waals surface area contributed by atoms with E-state index in [1.807, 2.05) is 12.1 Å². The van der Waals surface area contributed by atoms with Gasteiger partial charge in [0.25, 0.3) is 0 Å². The Morgan fingerprint density at radius 1 is 1.50 bits per heavy atom. The van der Waals surface area contributed by atoms with Crippen LogP contribution in [0.3, 0.4) is 0 Å². The quantitative estimate of drug-likeness (QED) is 0.734. The number of halogens is 1. The monoisotopic (exact) mass is 182 g/mol. The highest BCUT2D eigenvalue weighted by Gasteiger charge is 2.04. The minimum absolute atomic E-state index is 0.455. The maximum atomic E-state index is 5.93. The van der Waals surface area contributed by atoms with Crippen LogP contribution in [-0.4, -0.2) is 5.16 Å². The topological polar surface area (TPSA) is 52.0 Å². The Balaban J connectivity index is 2.75. The summed E-state index contributed by atoms with van der Waals surface area (Å²) in [6.45, 7) is 0.455. The van der Waals surface area contributed by atoms with Gasteiger partial charge in [0.05, 0.1) is 16.6 Å². The molecule has 3 nitrogen and oxygen atoms in total. The molecule has 0 fully saturated rings. The fourth-order valence-corrected chi connectivity index (χ4v) is 1.38. The standard InChI is InChI=1S/C8H7ClN2O/c9-7-1-5(3-10)2-8-6(7)4-11-12-8/h1-2,4H,3,10H2. The van der Waals surface area contributed by atoms with E-state index in [2.05, 4.69) is 5.16 Å². The maximum absolute atomic E-state index is 5.93. The van der Waals surface area contributed by atoms with Gasteiger partial charge in [-0.1, -0.05) is 16.8 Å². The zero-order chi connectivity index (χ0) is 8.55. The number of fused-ring (bicyclic) bond motifs is 1. The lowest BCUT2D eigenvalue weighted by Gasteiger charge is -1.96. The van der Waals surface area contributed by atoms with Crippen LogP contribution in [0, 0.1) is 0 Å². The van der Waals surface area contributed by atoms with E-state index in [0.29, 0.717) is 17.2 Å². The summed E-state index contributed by atoms with van der Waals surface area (Å²) in [4.78, 5) is 0. The van der Waals surface area contributed by atoms with Crippen molar-refractivity contribution in [1.29, 1.82) is 0 Å². The van der Waals surface area contributed by atoms with Gasteiger partial charge in [-0.3, -0.25) is 0 Å². The smallest absolute Gasteiger partial charge is 0.168 e. The number of nitrogens with two attached hydrogens (primary N) is 1. The number of benzene rings is 1. The van der Waals surface area contributed by atoms with Crippen molar-refractivity contribution in [3.8, 4) is 0 Å². The molecule has 4 heteroatoms. The maximum Gasteiger partial charge on any atom is 0.168 e. The molecular formula is C8H7ClN2O. The second-order valence-electron chi connectivity index (χ2n) is 2.52. The highest BCUT2D eigenvalue weighted by Crippen LogP contribution is 2.24. The first-order valence-electron chi connectivity index (χ1n) is 3.54. The summed E-state index contributed by atoms with van der Waals surface area (Å²) in [6, 6.07) is 3.66. The van der Waals surface area contributed by atoms with Gasteiger partial charge in [0.1, 0.15) is 0 Å². The lowest BCUT2D eigenvalue weighted by molar-refractivity contribution is 0.456. The molecule has 1 heterocycles. The van der Waals surface area contributed by atoms with Gasteiger partial charge in [0.2, 0.25) is 0 Å². The zero-order valence-electron chi connectivity index (χ0n) is 6.25. The number of nitrogens with zero attached hydrogens (tertiary/aromatic N) is 1. The molecule has 0 saturated carbocycles. The molecule has 0 amide bonds. The molecule has 0 aliphatic heterocycles. The minimum atomic E-state index is 0.455. The fraction of sp³-hybridized carbons (Fsp3) is 0.125. The van der Waals surface area contributed by atoms with E-state index in [-0.39, 0.29) is 0 Å². The molecule has 1 aromatic carbocycles. The van der Waals surface area contributed by atoms with E-state index in [1.165, 1.54) is 0 Å². The predicted molar refractivity (Wildman–Crippen MR) is 46.9 cm³/mol. The molecule has 0 radical (unpaired) electrons. The molecule has 0 unspecified atom stereocenters. The Morgan fingerprint density at radius 2 is 2.33 bits per heavy atom. The van der Waals surface area contributed by atoms with Crippen LogP contribution in [0.5, 0.6) is 0 Å². The zero-order valence-corrected chi connectivity index (χ0v) is 7.01. The first-order valence-corrected chi connectivity index (χ1v) is 3.92. The summed E-state index contributed by atoms with van der Waals surface area (Å²) in [7, 11) is 0. The normalized spacial score (nSPS) is 10.8. The largest absolute Gasteiger partial charge is 0.356 e. The molecule has 0 bridgehead atoms. The third kappa shape index (κ3) is 1.07. The molecule has 2 rings (SSSR count). The molecule has 62 valence electrons. The number of hydrogen-bond acceptors (Lipinski definition) is 3. The van der Waals surface area contributed by atoms with Gasteiger partial charge in [-0.05, 0) is 17.7 Å². The van der Waals surface area contributed by atoms with Crippen molar-refractivity contribution in [3.05, 3.63) is 28.9 Å². The summed E-state index contributed by atoms with van der Waals surface area (Å²) in [5, 5.41) is 5.10. The van der Waals surface area contributed by atoms with E-state index in [1.54, 1.807) is 6.20 Å². The van der Waals surface area contributed by atoms with E-state index >= 15 is 0 Å². The molecule has 0 aliphatic rings. The molecule has 0 saturated heterocycles. The van der Waals surface area contributed by atoms with Crippen LogP contribution in [0.25, 0.3) is 11.0 Å². The molecule has 1 aromatic heterocycles. The van der Waals surface area contributed by atoms with E-state index in [4.69, 9.17) is 21.9 Å². The van der Waals surface area contributed by atoms with E-state index in [0.717, 1.165) is 10.9 Å². The first-order chi connectivity index (χ1) is 5.81. The fourth-order valence-electron chi connectivity index (χ4n) is 1.10. The molecule has 0 spiro atoms. The van der Waals surface area contributed by atoms with Crippen LogP contribution < -0.4 is 5.73 Å². The Hall–Kier alpha value is -1.06. The Morgan fingerprint density at radius 3 is 3.08 bits per heavy atom. The van der Waals surface area contributed by atoms with Crippen molar-refractivity contribution in [2.45, 2.75) is 6.54 Å². The summed E-state index contributed by atoms with van der Waals surface area (Å²) >= 11 is 5.93. The van der Waals surface area contributed by atoms with E-state index in [9.17, 15) is 0 Å². The van der Waals surface area contributed by atoms with Crippen LogP contribution in [0.15, 0.2) is 22.9 Å². The predicted octanol–water partition coefficient (Wildman–Crippen LogP) is 1.94. The van der Waals surface area contributed by atoms with Crippen LogP contribution in [0.2, 0.25) is 5.02 Å². The Bertz CT molecular complexity index is 410. The van der Waals surface area contributed by atoms with Crippen LogP contribution in [0.4, 0.5) is 0 Å². The molecule has 0 aliphatic carbocycles. The van der Waals surface area contributed by atoms with Crippen molar-refractivity contribution >= 4 is 22.6 Å². The van der Waals surface area contributed by atoms with E-state index < -0.39 is 0 Å². The van der Waals surface area contributed by atoms with Crippen molar-refractivity contribution in [2.24, 2.45) is 5.73 Å². The molecule has 0 atom stereocenters. The third-order valence-electron chi connectivity index (χ3n) is 1.72. The highest BCUT2D eigenvalue weighted by atomic mass is 35.5. The van der Waals surface area contributed by atoms with Gasteiger partial charge in [0, 0.05) is 6.54 Å². The van der Waals surface area contributed by atoms with Crippen molar-refractivity contribution < 1.29 is 4.52 Å². The lowest BCUT2D eigenvalue weighted by Crippen LogP contribution is -1.95. The van der Waals surface area contributed by atoms with Gasteiger partial charge in [-0.15, -0.1) is 0 Å². The lowest BCUT2D eigenvalue weighted by atomic mass is 10.2. The van der Waals surface area contributed by atoms with Crippen molar-refractivity contribution in [3.63, 3.8) is 0 Å². The molecule has 12 heavy (non-hydrogen) atoms. The average Bonchev–Trinajstić information content (AvgIpc) is 2.52. The number of hydrogen-bond donors (Lipinski definition) is 1. The van der Waals surface area contributed by atoms with Crippen LogP contribution in [0.1, 0.15) is 5.56 Å². The van der Waals surface area contributed by atoms with Crippen molar-refractivity contribution in [2.75, 3.05) is 0 Å². The van der Waals surface area contributed by atoms with Gasteiger partial charge in [-0.25, -0.2) is 0 Å². The van der Waals surface area contributed by atoms with Crippen molar-refractivity contribution in [1.82, 2.24) is 5.16 Å². The highest BCUT2D eigenvalue weighted by molar-refractivity contribution is 6.35. The third-order valence-corrected chi connectivity index (χ3v) is 2.03. The van der Waals surface area contributed by atoms with Crippen LogP contribution in [-0.2, 0) is 6.54 Å². The average molecular weight is 183 g/mol. The number of aromatic nitrogens is 1. The molecule has 2 N–H and O–H groups in total. The van der Waals surface area contributed by atoms with Crippen LogP contribution >= 0.6 is 11.6 Å². The number of rotatable bonds is 1. The van der Waals surface area contributed by atoms with Gasteiger partial charge >= 0.3 is 0 Å². The summed E-state index contributed by atoms with van der Waals surface area (Å²) in [5.74, 6) is 0. The summed E-state index contributed by atoms with van der Waals surface area (Å²) < 4.78 is 4.95. The molecule has 2 aromatic rings. The SMILES string of the molecule is NCc1cc(Cl)c2cnoc2c1.